The zero-order chi connectivity index (χ0) is 14.0. The standard InChI is InChI=1S/C7H15N3O2.C2H5NO2/c1-4(2)6(9)7(12)10-3-5(8)11;3-1-2(4)5/h4,6H,3,9H2,1-2H3,(H2,8,11)(H,10,12);1,3H2,(H,4,5). The molecule has 0 aliphatic heterocycles. The molecule has 0 fully saturated rings. The van der Waals surface area contributed by atoms with Gasteiger partial charge < -0.3 is 27.6 Å². The summed E-state index contributed by atoms with van der Waals surface area (Å²) in [5.74, 6) is -1.83. The van der Waals surface area contributed by atoms with Crippen molar-refractivity contribution >= 4 is 17.8 Å². The van der Waals surface area contributed by atoms with E-state index in [4.69, 9.17) is 16.6 Å². The van der Waals surface area contributed by atoms with Crippen LogP contribution in [0.5, 0.6) is 0 Å². The number of carboxylic acid groups (broad SMARTS) is 1. The van der Waals surface area contributed by atoms with Gasteiger partial charge in [0.05, 0.1) is 19.1 Å². The van der Waals surface area contributed by atoms with E-state index in [0.29, 0.717) is 0 Å². The Bertz CT molecular complexity index is 268. The molecule has 0 heterocycles. The highest BCUT2D eigenvalue weighted by molar-refractivity contribution is 5.86. The van der Waals surface area contributed by atoms with E-state index in [0.717, 1.165) is 0 Å². The van der Waals surface area contributed by atoms with Gasteiger partial charge in [-0.1, -0.05) is 13.8 Å². The molecule has 17 heavy (non-hydrogen) atoms. The van der Waals surface area contributed by atoms with E-state index in [1.807, 2.05) is 13.8 Å². The molecule has 1 atom stereocenters. The quantitative estimate of drug-likeness (QED) is 0.364. The normalized spacial score (nSPS) is 11.1. The van der Waals surface area contributed by atoms with Crippen LogP contribution in [-0.4, -0.2) is 42.0 Å². The largest absolute Gasteiger partial charge is 0.480 e. The van der Waals surface area contributed by atoms with Crippen LogP contribution in [0.3, 0.4) is 0 Å². The van der Waals surface area contributed by atoms with Gasteiger partial charge in [-0.2, -0.15) is 0 Å². The number of carbonyl (C=O) groups excluding carboxylic acids is 2. The van der Waals surface area contributed by atoms with Crippen molar-refractivity contribution in [2.45, 2.75) is 19.9 Å². The third kappa shape index (κ3) is 12.3. The molecule has 100 valence electrons. The smallest absolute Gasteiger partial charge is 0.317 e. The first-order valence-electron chi connectivity index (χ1n) is 4.95. The maximum absolute atomic E-state index is 11.0. The molecule has 0 saturated heterocycles. The summed E-state index contributed by atoms with van der Waals surface area (Å²) in [6, 6.07) is -0.579. The minimum absolute atomic E-state index is 0.0536. The molecule has 0 radical (unpaired) electrons. The Labute approximate surface area is 99.5 Å². The Morgan fingerprint density at radius 2 is 1.71 bits per heavy atom. The minimum atomic E-state index is -0.968. The molecule has 8 N–H and O–H groups in total. The van der Waals surface area contributed by atoms with Crippen LogP contribution in [0.1, 0.15) is 13.8 Å². The van der Waals surface area contributed by atoms with Crippen molar-refractivity contribution in [3.63, 3.8) is 0 Å². The van der Waals surface area contributed by atoms with Crippen LogP contribution in [0.25, 0.3) is 0 Å². The highest BCUT2D eigenvalue weighted by Gasteiger charge is 2.16. The molecule has 0 bridgehead atoms. The van der Waals surface area contributed by atoms with Gasteiger partial charge in [0.2, 0.25) is 11.8 Å². The van der Waals surface area contributed by atoms with Crippen molar-refractivity contribution in [1.82, 2.24) is 5.32 Å². The first kappa shape index (κ1) is 17.7. The van der Waals surface area contributed by atoms with E-state index in [1.54, 1.807) is 0 Å². The van der Waals surface area contributed by atoms with E-state index < -0.39 is 17.9 Å². The van der Waals surface area contributed by atoms with Gasteiger partial charge >= 0.3 is 5.97 Å². The van der Waals surface area contributed by atoms with Crippen LogP contribution in [-0.2, 0) is 14.4 Å². The van der Waals surface area contributed by atoms with Crippen molar-refractivity contribution in [2.24, 2.45) is 23.1 Å². The van der Waals surface area contributed by atoms with Crippen molar-refractivity contribution in [1.29, 1.82) is 0 Å². The molecule has 0 rings (SSSR count). The van der Waals surface area contributed by atoms with Crippen molar-refractivity contribution in [3.8, 4) is 0 Å². The number of hydrogen-bond donors (Lipinski definition) is 5. The second kappa shape index (κ2) is 9.55. The lowest BCUT2D eigenvalue weighted by atomic mass is 10.1. The molecule has 2 amide bonds. The molecule has 0 saturated carbocycles. The monoisotopic (exact) mass is 248 g/mol. The van der Waals surface area contributed by atoms with Crippen LogP contribution >= 0.6 is 0 Å². The number of amides is 2. The number of carbonyl (C=O) groups is 3. The first-order valence-corrected chi connectivity index (χ1v) is 4.95. The summed E-state index contributed by atoms with van der Waals surface area (Å²) in [7, 11) is 0. The van der Waals surface area contributed by atoms with Gasteiger partial charge in [-0.3, -0.25) is 14.4 Å². The van der Waals surface area contributed by atoms with Gasteiger partial charge in [0, 0.05) is 0 Å². The molecule has 0 aromatic carbocycles. The predicted molar refractivity (Wildman–Crippen MR) is 61.7 cm³/mol. The molecule has 0 aliphatic rings. The lowest BCUT2D eigenvalue weighted by Crippen LogP contribution is -2.46. The highest BCUT2D eigenvalue weighted by Crippen LogP contribution is 1.96. The summed E-state index contributed by atoms with van der Waals surface area (Å²) in [6.07, 6.45) is 0. The molecule has 8 nitrogen and oxygen atoms in total. The Hall–Kier alpha value is -1.67. The van der Waals surface area contributed by atoms with Gasteiger partial charge in [0.25, 0.3) is 0 Å². The lowest BCUT2D eigenvalue weighted by Gasteiger charge is -2.14. The summed E-state index contributed by atoms with van der Waals surface area (Å²) in [6.45, 7) is 3.22. The average Bonchev–Trinajstić information content (AvgIpc) is 2.25. The van der Waals surface area contributed by atoms with E-state index in [2.05, 4.69) is 11.1 Å². The highest BCUT2D eigenvalue weighted by atomic mass is 16.4. The van der Waals surface area contributed by atoms with Crippen molar-refractivity contribution in [3.05, 3.63) is 0 Å². The third-order valence-electron chi connectivity index (χ3n) is 1.63. The zero-order valence-corrected chi connectivity index (χ0v) is 9.97. The van der Waals surface area contributed by atoms with Crippen LogP contribution in [0.4, 0.5) is 0 Å². The molecular weight excluding hydrogens is 228 g/mol. The second-order valence-electron chi connectivity index (χ2n) is 3.55. The molecule has 0 aliphatic carbocycles. The number of nitrogens with two attached hydrogens (primary N) is 3. The number of nitrogens with one attached hydrogen (secondary N) is 1. The topological polar surface area (TPSA) is 162 Å². The molecular formula is C9H20N4O4. The average molecular weight is 248 g/mol. The number of hydrogen-bond acceptors (Lipinski definition) is 5. The summed E-state index contributed by atoms with van der Waals surface area (Å²) in [5.41, 5.74) is 14.9. The molecule has 1 unspecified atom stereocenters. The Balaban J connectivity index is 0. The van der Waals surface area contributed by atoms with Gasteiger partial charge in [0.1, 0.15) is 0 Å². The van der Waals surface area contributed by atoms with E-state index >= 15 is 0 Å². The Morgan fingerprint density at radius 1 is 1.29 bits per heavy atom. The number of carboxylic acids is 1. The number of aliphatic carboxylic acids is 1. The molecule has 0 spiro atoms. The van der Waals surface area contributed by atoms with Crippen LogP contribution in [0.15, 0.2) is 0 Å². The maximum Gasteiger partial charge on any atom is 0.317 e. The summed E-state index contributed by atoms with van der Waals surface area (Å²) in [4.78, 5) is 30.6. The SMILES string of the molecule is CC(C)C(N)C(=O)NCC(N)=O.NCC(=O)O. The summed E-state index contributed by atoms with van der Waals surface area (Å²) >= 11 is 0. The fourth-order valence-corrected chi connectivity index (χ4v) is 0.595. The first-order chi connectivity index (χ1) is 7.72. The van der Waals surface area contributed by atoms with Crippen molar-refractivity contribution < 1.29 is 19.5 Å². The fraction of sp³-hybridized carbons (Fsp3) is 0.667. The van der Waals surface area contributed by atoms with Crippen molar-refractivity contribution in [2.75, 3.05) is 13.1 Å². The van der Waals surface area contributed by atoms with Crippen LogP contribution < -0.4 is 22.5 Å². The number of rotatable bonds is 5. The van der Waals surface area contributed by atoms with E-state index in [1.165, 1.54) is 0 Å². The Kier molecular flexibility index (Phi) is 9.95. The maximum atomic E-state index is 11.0. The molecule has 8 heteroatoms. The fourth-order valence-electron chi connectivity index (χ4n) is 0.595. The minimum Gasteiger partial charge on any atom is -0.480 e. The van der Waals surface area contributed by atoms with Crippen LogP contribution in [0, 0.1) is 5.92 Å². The van der Waals surface area contributed by atoms with Gasteiger partial charge in [-0.25, -0.2) is 0 Å². The number of primary amides is 1. The third-order valence-corrected chi connectivity index (χ3v) is 1.63. The molecule has 0 aromatic heterocycles. The van der Waals surface area contributed by atoms with Crippen LogP contribution in [0.2, 0.25) is 0 Å². The van der Waals surface area contributed by atoms with E-state index in [-0.39, 0.29) is 24.9 Å². The summed E-state index contributed by atoms with van der Waals surface area (Å²) in [5, 5.41) is 9.92. The van der Waals surface area contributed by atoms with Gasteiger partial charge in [-0.05, 0) is 5.92 Å². The van der Waals surface area contributed by atoms with Gasteiger partial charge in [0.15, 0.2) is 0 Å². The molecule has 0 aromatic rings. The predicted octanol–water partition coefficient (Wildman–Crippen LogP) is -2.40. The lowest BCUT2D eigenvalue weighted by molar-refractivity contribution is -0.135. The zero-order valence-electron chi connectivity index (χ0n) is 9.97. The summed E-state index contributed by atoms with van der Waals surface area (Å²) < 4.78 is 0. The van der Waals surface area contributed by atoms with E-state index in [9.17, 15) is 14.4 Å². The van der Waals surface area contributed by atoms with Gasteiger partial charge in [-0.15, -0.1) is 0 Å². The Morgan fingerprint density at radius 3 is 1.94 bits per heavy atom. The second-order valence-corrected chi connectivity index (χ2v) is 3.55.